The van der Waals surface area contributed by atoms with E-state index in [1.165, 1.54) is 11.2 Å². The number of carbonyl (C=O) groups is 1. The lowest BCUT2D eigenvalue weighted by Crippen LogP contribution is -2.37. The maximum atomic E-state index is 13.6. The third-order valence-corrected chi connectivity index (χ3v) is 7.59. The van der Waals surface area contributed by atoms with Crippen LogP contribution in [0.25, 0.3) is 0 Å². The quantitative estimate of drug-likeness (QED) is 0.575. The van der Waals surface area contributed by atoms with Crippen molar-refractivity contribution in [3.8, 4) is 0 Å². The molecule has 0 radical (unpaired) electrons. The van der Waals surface area contributed by atoms with E-state index >= 15 is 0 Å². The molecule has 0 aliphatic carbocycles. The van der Waals surface area contributed by atoms with E-state index in [2.05, 4.69) is 10.4 Å². The van der Waals surface area contributed by atoms with Crippen molar-refractivity contribution >= 4 is 21.6 Å². The first kappa shape index (κ1) is 23.2. The third-order valence-electron chi connectivity index (χ3n) is 5.71. The predicted molar refractivity (Wildman–Crippen MR) is 125 cm³/mol. The molecule has 8 nitrogen and oxygen atoms in total. The Bertz CT molecular complexity index is 1270. The summed E-state index contributed by atoms with van der Waals surface area (Å²) in [6.45, 7) is 4.50. The highest BCUT2D eigenvalue weighted by atomic mass is 32.2. The van der Waals surface area contributed by atoms with Crippen molar-refractivity contribution in [2.45, 2.75) is 44.9 Å². The molecule has 4 rings (SSSR count). The lowest BCUT2D eigenvalue weighted by Gasteiger charge is -2.28. The maximum Gasteiger partial charge on any atom is 0.245 e. The number of fused-ring (bicyclic) bond motifs is 1. The first-order valence-corrected chi connectivity index (χ1v) is 12.2. The number of anilines is 1. The summed E-state index contributed by atoms with van der Waals surface area (Å²) < 4.78 is 36.3. The molecule has 2 heterocycles. The number of hydrogen-bond acceptors (Lipinski definition) is 5. The minimum Gasteiger partial charge on any atom is -0.370 e. The van der Waals surface area contributed by atoms with Crippen molar-refractivity contribution in [1.29, 1.82) is 0 Å². The summed E-state index contributed by atoms with van der Waals surface area (Å²) in [5.41, 5.74) is 4.81. The standard InChI is InChI=1S/C24H28N4O4S/c1-17-9-10-21(25-18(2)29)24(13-17)33(30,31)28-12-11-23-20(14-28)22(26-27(23)3)16-32-15-19-7-5-4-6-8-19/h4-10,13H,11-12,14-16H2,1-3H3,(H,25,29). The Balaban J connectivity index is 1.57. The zero-order valence-electron chi connectivity index (χ0n) is 19.0. The summed E-state index contributed by atoms with van der Waals surface area (Å²) >= 11 is 0. The normalized spacial score (nSPS) is 14.2. The van der Waals surface area contributed by atoms with E-state index in [0.717, 1.165) is 28.1 Å². The van der Waals surface area contributed by atoms with Crippen molar-refractivity contribution < 1.29 is 17.9 Å². The second-order valence-corrected chi connectivity index (χ2v) is 10.1. The van der Waals surface area contributed by atoms with Crippen LogP contribution in [0.5, 0.6) is 0 Å². The predicted octanol–water partition coefficient (Wildman–Crippen LogP) is 3.15. The van der Waals surface area contributed by atoms with E-state index < -0.39 is 10.0 Å². The lowest BCUT2D eigenvalue weighted by molar-refractivity contribution is -0.114. The molecule has 0 spiro atoms. The molecule has 0 atom stereocenters. The largest absolute Gasteiger partial charge is 0.370 e. The molecule has 1 aromatic heterocycles. The molecular formula is C24H28N4O4S. The van der Waals surface area contributed by atoms with Crippen LogP contribution >= 0.6 is 0 Å². The second-order valence-electron chi connectivity index (χ2n) is 8.24. The highest BCUT2D eigenvalue weighted by Gasteiger charge is 2.33. The second kappa shape index (κ2) is 9.46. The van der Waals surface area contributed by atoms with Crippen LogP contribution in [0.4, 0.5) is 5.69 Å². The summed E-state index contributed by atoms with van der Waals surface area (Å²) in [6.07, 6.45) is 0.554. The highest BCUT2D eigenvalue weighted by Crippen LogP contribution is 2.31. The Labute approximate surface area is 194 Å². The van der Waals surface area contributed by atoms with Gasteiger partial charge in [0, 0.05) is 44.7 Å². The highest BCUT2D eigenvalue weighted by molar-refractivity contribution is 7.89. The fraction of sp³-hybridized carbons (Fsp3) is 0.333. The number of carbonyl (C=O) groups excluding carboxylic acids is 1. The van der Waals surface area contributed by atoms with Gasteiger partial charge in [-0.05, 0) is 30.2 Å². The molecular weight excluding hydrogens is 440 g/mol. The molecule has 33 heavy (non-hydrogen) atoms. The minimum atomic E-state index is -3.83. The average Bonchev–Trinajstić information content (AvgIpc) is 3.10. The number of ether oxygens (including phenoxy) is 1. The van der Waals surface area contributed by atoms with Gasteiger partial charge in [0.1, 0.15) is 4.90 Å². The molecule has 0 saturated heterocycles. The van der Waals surface area contributed by atoms with Gasteiger partial charge in [0.05, 0.1) is 24.6 Å². The van der Waals surface area contributed by atoms with Crippen molar-refractivity contribution in [3.63, 3.8) is 0 Å². The minimum absolute atomic E-state index is 0.104. The van der Waals surface area contributed by atoms with Gasteiger partial charge in [-0.3, -0.25) is 9.48 Å². The van der Waals surface area contributed by atoms with Crippen LogP contribution in [0.3, 0.4) is 0 Å². The number of nitrogens with zero attached hydrogens (tertiary/aromatic N) is 3. The summed E-state index contributed by atoms with van der Waals surface area (Å²) in [4.78, 5) is 11.7. The summed E-state index contributed by atoms with van der Waals surface area (Å²) in [5, 5.41) is 7.24. The molecule has 1 aliphatic heterocycles. The fourth-order valence-corrected chi connectivity index (χ4v) is 5.72. The number of sulfonamides is 1. The Morgan fingerprint density at radius 3 is 2.64 bits per heavy atom. The number of aryl methyl sites for hydroxylation is 2. The number of benzene rings is 2. The molecule has 174 valence electrons. The Hall–Kier alpha value is -3.01. The Kier molecular flexibility index (Phi) is 6.64. The van der Waals surface area contributed by atoms with Crippen molar-refractivity contribution in [1.82, 2.24) is 14.1 Å². The van der Waals surface area contributed by atoms with Crippen LogP contribution in [0.1, 0.15) is 35.0 Å². The van der Waals surface area contributed by atoms with Gasteiger partial charge in [-0.15, -0.1) is 0 Å². The molecule has 1 N–H and O–H groups in total. The van der Waals surface area contributed by atoms with Crippen LogP contribution in [0, 0.1) is 6.92 Å². The Morgan fingerprint density at radius 2 is 1.91 bits per heavy atom. The number of hydrogen-bond donors (Lipinski definition) is 1. The van der Waals surface area contributed by atoms with Crippen molar-refractivity contribution in [2.24, 2.45) is 7.05 Å². The summed E-state index contributed by atoms with van der Waals surface area (Å²) in [5.74, 6) is -0.318. The molecule has 0 unspecified atom stereocenters. The number of rotatable bonds is 7. The molecule has 0 bridgehead atoms. The van der Waals surface area contributed by atoms with E-state index in [1.807, 2.05) is 49.0 Å². The van der Waals surface area contributed by atoms with Crippen LogP contribution in [0.2, 0.25) is 0 Å². The van der Waals surface area contributed by atoms with Crippen molar-refractivity contribution in [3.05, 3.63) is 76.6 Å². The van der Waals surface area contributed by atoms with Gasteiger partial charge in [-0.1, -0.05) is 36.4 Å². The first-order chi connectivity index (χ1) is 15.8. The van der Waals surface area contributed by atoms with Gasteiger partial charge in [-0.25, -0.2) is 8.42 Å². The molecule has 3 aromatic rings. The van der Waals surface area contributed by atoms with E-state index in [4.69, 9.17) is 4.74 Å². The fourth-order valence-electron chi connectivity index (χ4n) is 4.08. The van der Waals surface area contributed by atoms with Crippen LogP contribution in [-0.2, 0) is 52.8 Å². The van der Waals surface area contributed by atoms with Crippen LogP contribution in [0.15, 0.2) is 53.4 Å². The average molecular weight is 469 g/mol. The van der Waals surface area contributed by atoms with E-state index in [9.17, 15) is 13.2 Å². The maximum absolute atomic E-state index is 13.6. The Morgan fingerprint density at radius 1 is 1.15 bits per heavy atom. The molecule has 1 aliphatic rings. The van der Waals surface area contributed by atoms with E-state index in [0.29, 0.717) is 26.2 Å². The van der Waals surface area contributed by atoms with E-state index in [1.54, 1.807) is 18.2 Å². The van der Waals surface area contributed by atoms with Gasteiger partial charge >= 0.3 is 0 Å². The van der Waals surface area contributed by atoms with Crippen molar-refractivity contribution in [2.75, 3.05) is 11.9 Å². The van der Waals surface area contributed by atoms with Gasteiger partial charge in [0.2, 0.25) is 15.9 Å². The summed E-state index contributed by atoms with van der Waals surface area (Å²) in [7, 11) is -1.96. The number of nitrogens with one attached hydrogen (secondary N) is 1. The molecule has 9 heteroatoms. The van der Waals surface area contributed by atoms with E-state index in [-0.39, 0.29) is 23.0 Å². The van der Waals surface area contributed by atoms with Gasteiger partial charge < -0.3 is 10.1 Å². The summed E-state index contributed by atoms with van der Waals surface area (Å²) in [6, 6.07) is 14.9. The molecule has 0 fully saturated rings. The monoisotopic (exact) mass is 468 g/mol. The number of aromatic nitrogens is 2. The smallest absolute Gasteiger partial charge is 0.245 e. The third kappa shape index (κ3) is 5.00. The number of amides is 1. The zero-order chi connectivity index (χ0) is 23.6. The molecule has 0 saturated carbocycles. The van der Waals surface area contributed by atoms with Gasteiger partial charge in [-0.2, -0.15) is 9.40 Å². The lowest BCUT2D eigenvalue weighted by atomic mass is 10.1. The first-order valence-electron chi connectivity index (χ1n) is 10.8. The van der Waals surface area contributed by atoms with Crippen LogP contribution in [-0.4, -0.2) is 35.0 Å². The van der Waals surface area contributed by atoms with Crippen LogP contribution < -0.4 is 5.32 Å². The molecule has 1 amide bonds. The van der Waals surface area contributed by atoms with Gasteiger partial charge in [0.15, 0.2) is 0 Å². The SMILES string of the molecule is CC(=O)Nc1ccc(C)cc1S(=O)(=O)N1CCc2c(c(COCc3ccccc3)nn2C)C1. The van der Waals surface area contributed by atoms with Gasteiger partial charge in [0.25, 0.3) is 0 Å². The zero-order valence-corrected chi connectivity index (χ0v) is 19.9. The topological polar surface area (TPSA) is 93.5 Å². The molecule has 2 aromatic carbocycles.